The largest absolute Gasteiger partial charge is 0.344 e. The normalized spacial score (nSPS) is 22.6. The Morgan fingerprint density at radius 1 is 1.03 bits per heavy atom. The summed E-state index contributed by atoms with van der Waals surface area (Å²) in [5.74, 6) is -0.785. The van der Waals surface area contributed by atoms with Crippen molar-refractivity contribution in [1.29, 1.82) is 0 Å². The SMILES string of the molecule is CC1CCOC(Cn2ccnc2)(c2ccc(-c3ccc(C(C)(C)C)cc3)cc2)O1. The first-order chi connectivity index (χ1) is 13.9. The van der Waals surface area contributed by atoms with Gasteiger partial charge in [-0.1, -0.05) is 69.3 Å². The Bertz CT molecular complexity index is 924. The first kappa shape index (κ1) is 19.9. The fourth-order valence-corrected chi connectivity index (χ4v) is 3.83. The maximum Gasteiger partial charge on any atom is 0.213 e. The summed E-state index contributed by atoms with van der Waals surface area (Å²) >= 11 is 0. The van der Waals surface area contributed by atoms with Crippen LogP contribution in [0.15, 0.2) is 67.3 Å². The van der Waals surface area contributed by atoms with Crippen molar-refractivity contribution in [2.45, 2.75) is 58.0 Å². The van der Waals surface area contributed by atoms with E-state index in [9.17, 15) is 0 Å². The van der Waals surface area contributed by atoms with Gasteiger partial charge < -0.3 is 14.0 Å². The van der Waals surface area contributed by atoms with Gasteiger partial charge in [0.1, 0.15) is 0 Å². The Labute approximate surface area is 173 Å². The molecule has 4 heteroatoms. The van der Waals surface area contributed by atoms with Crippen LogP contribution in [0.5, 0.6) is 0 Å². The number of hydrogen-bond acceptors (Lipinski definition) is 3. The molecule has 0 amide bonds. The fourth-order valence-electron chi connectivity index (χ4n) is 3.83. The number of aromatic nitrogens is 2. The van der Waals surface area contributed by atoms with Crippen LogP contribution in [0.25, 0.3) is 11.1 Å². The highest BCUT2D eigenvalue weighted by atomic mass is 16.7. The Balaban J connectivity index is 1.62. The molecule has 2 unspecified atom stereocenters. The van der Waals surface area contributed by atoms with Gasteiger partial charge in [-0.25, -0.2) is 4.98 Å². The van der Waals surface area contributed by atoms with Crippen molar-refractivity contribution in [3.8, 4) is 11.1 Å². The molecule has 2 heterocycles. The maximum absolute atomic E-state index is 6.36. The van der Waals surface area contributed by atoms with Gasteiger partial charge in [-0.15, -0.1) is 0 Å². The topological polar surface area (TPSA) is 36.3 Å². The van der Waals surface area contributed by atoms with Gasteiger partial charge in [-0.3, -0.25) is 0 Å². The third-order valence-corrected chi connectivity index (χ3v) is 5.61. The number of hydrogen-bond donors (Lipinski definition) is 0. The van der Waals surface area contributed by atoms with Crippen molar-refractivity contribution < 1.29 is 9.47 Å². The van der Waals surface area contributed by atoms with Crippen LogP contribution in [-0.4, -0.2) is 22.3 Å². The molecule has 3 aromatic rings. The van der Waals surface area contributed by atoms with Gasteiger partial charge in [0.05, 0.1) is 25.6 Å². The summed E-state index contributed by atoms with van der Waals surface area (Å²) < 4.78 is 14.6. The first-order valence-corrected chi connectivity index (χ1v) is 10.3. The minimum absolute atomic E-state index is 0.150. The van der Waals surface area contributed by atoms with E-state index in [1.165, 1.54) is 16.7 Å². The second-order valence-corrected chi connectivity index (χ2v) is 8.96. The number of ether oxygens (including phenoxy) is 2. The smallest absolute Gasteiger partial charge is 0.213 e. The zero-order valence-corrected chi connectivity index (χ0v) is 17.8. The average molecular weight is 391 g/mol. The van der Waals surface area contributed by atoms with Crippen molar-refractivity contribution in [3.63, 3.8) is 0 Å². The first-order valence-electron chi connectivity index (χ1n) is 10.3. The van der Waals surface area contributed by atoms with Crippen molar-refractivity contribution in [1.82, 2.24) is 9.55 Å². The summed E-state index contributed by atoms with van der Waals surface area (Å²) in [6.07, 6.45) is 6.59. The summed E-state index contributed by atoms with van der Waals surface area (Å²) in [4.78, 5) is 4.16. The molecule has 29 heavy (non-hydrogen) atoms. The van der Waals surface area contributed by atoms with Crippen molar-refractivity contribution in [2.75, 3.05) is 6.61 Å². The van der Waals surface area contributed by atoms with E-state index in [2.05, 4.69) is 81.2 Å². The highest BCUT2D eigenvalue weighted by Gasteiger charge is 2.39. The highest BCUT2D eigenvalue weighted by molar-refractivity contribution is 5.64. The average Bonchev–Trinajstić information content (AvgIpc) is 3.20. The monoisotopic (exact) mass is 390 g/mol. The summed E-state index contributed by atoms with van der Waals surface area (Å²) in [6, 6.07) is 17.4. The zero-order valence-electron chi connectivity index (χ0n) is 17.8. The molecule has 152 valence electrons. The zero-order chi connectivity index (χ0) is 20.5. The van der Waals surface area contributed by atoms with Crippen LogP contribution < -0.4 is 0 Å². The second-order valence-electron chi connectivity index (χ2n) is 8.96. The van der Waals surface area contributed by atoms with E-state index >= 15 is 0 Å². The van der Waals surface area contributed by atoms with E-state index in [0.29, 0.717) is 13.2 Å². The molecule has 0 saturated carbocycles. The Kier molecular flexibility index (Phi) is 5.32. The molecule has 4 rings (SSSR count). The van der Waals surface area contributed by atoms with Crippen molar-refractivity contribution in [2.24, 2.45) is 0 Å². The standard InChI is InChI=1S/C25H30N2O2/c1-19-13-16-28-25(29-19,17-27-15-14-26-18-27)23-11-7-21(8-12-23)20-5-9-22(10-6-20)24(2,3)4/h5-12,14-15,18-19H,13,16-17H2,1-4H3. The van der Waals surface area contributed by atoms with Gasteiger partial charge in [0.15, 0.2) is 0 Å². The molecule has 4 nitrogen and oxygen atoms in total. The fraction of sp³-hybridized carbons (Fsp3) is 0.400. The Hall–Kier alpha value is -2.43. The highest BCUT2D eigenvalue weighted by Crippen LogP contribution is 2.36. The van der Waals surface area contributed by atoms with Gasteiger partial charge in [0.25, 0.3) is 0 Å². The number of rotatable bonds is 4. The Morgan fingerprint density at radius 3 is 2.24 bits per heavy atom. The quantitative estimate of drug-likeness (QED) is 0.588. The van der Waals surface area contributed by atoms with Crippen LogP contribution in [0.3, 0.4) is 0 Å². The van der Waals surface area contributed by atoms with Gasteiger partial charge in [0, 0.05) is 18.0 Å². The third-order valence-electron chi connectivity index (χ3n) is 5.61. The van der Waals surface area contributed by atoms with Crippen LogP contribution in [0, 0.1) is 0 Å². The van der Waals surface area contributed by atoms with E-state index in [0.717, 1.165) is 12.0 Å². The van der Waals surface area contributed by atoms with Crippen molar-refractivity contribution in [3.05, 3.63) is 78.4 Å². The van der Waals surface area contributed by atoms with Crippen LogP contribution in [0.4, 0.5) is 0 Å². The molecule has 1 aliphatic heterocycles. The van der Waals surface area contributed by atoms with E-state index in [1.54, 1.807) is 12.5 Å². The second kappa shape index (κ2) is 7.77. The molecule has 1 aliphatic rings. The van der Waals surface area contributed by atoms with E-state index < -0.39 is 5.79 Å². The van der Waals surface area contributed by atoms with Gasteiger partial charge in [0.2, 0.25) is 5.79 Å². The minimum atomic E-state index is -0.785. The molecule has 1 fully saturated rings. The molecule has 1 aromatic heterocycles. The summed E-state index contributed by atoms with van der Waals surface area (Å²) in [7, 11) is 0. The lowest BCUT2D eigenvalue weighted by molar-refractivity contribution is -0.306. The third kappa shape index (κ3) is 4.29. The molecule has 2 aromatic carbocycles. The van der Waals surface area contributed by atoms with Crippen LogP contribution in [-0.2, 0) is 27.2 Å². The lowest BCUT2D eigenvalue weighted by Crippen LogP contribution is -2.44. The van der Waals surface area contributed by atoms with Crippen LogP contribution >= 0.6 is 0 Å². The minimum Gasteiger partial charge on any atom is -0.344 e. The van der Waals surface area contributed by atoms with Gasteiger partial charge in [-0.05, 0) is 35.4 Å². The molecule has 0 spiro atoms. The predicted octanol–water partition coefficient (Wildman–Crippen LogP) is 5.53. The summed E-state index contributed by atoms with van der Waals surface area (Å²) in [6.45, 7) is 10.1. The lowest BCUT2D eigenvalue weighted by atomic mass is 9.86. The maximum atomic E-state index is 6.36. The Morgan fingerprint density at radius 2 is 1.69 bits per heavy atom. The summed E-state index contributed by atoms with van der Waals surface area (Å²) in [5.41, 5.74) is 4.94. The molecular formula is C25H30N2O2. The predicted molar refractivity (Wildman–Crippen MR) is 116 cm³/mol. The molecule has 2 atom stereocenters. The molecule has 1 saturated heterocycles. The molecule has 0 radical (unpaired) electrons. The van der Waals surface area contributed by atoms with E-state index in [1.807, 2.05) is 10.8 Å². The molecule has 0 N–H and O–H groups in total. The van der Waals surface area contributed by atoms with Crippen LogP contribution in [0.1, 0.15) is 45.2 Å². The molecule has 0 bridgehead atoms. The van der Waals surface area contributed by atoms with E-state index in [4.69, 9.17) is 9.47 Å². The molecular weight excluding hydrogens is 360 g/mol. The van der Waals surface area contributed by atoms with Gasteiger partial charge >= 0.3 is 0 Å². The number of benzene rings is 2. The van der Waals surface area contributed by atoms with E-state index in [-0.39, 0.29) is 11.5 Å². The number of nitrogens with zero attached hydrogens (tertiary/aromatic N) is 2. The molecule has 0 aliphatic carbocycles. The van der Waals surface area contributed by atoms with Gasteiger partial charge in [-0.2, -0.15) is 0 Å². The van der Waals surface area contributed by atoms with Crippen molar-refractivity contribution >= 4 is 0 Å². The number of imidazole rings is 1. The van der Waals surface area contributed by atoms with Crippen LogP contribution in [0.2, 0.25) is 0 Å². The summed E-state index contributed by atoms with van der Waals surface area (Å²) in [5, 5.41) is 0. The lowest BCUT2D eigenvalue weighted by Gasteiger charge is -2.40.